The molecule has 3 nitrogen and oxygen atoms in total. The molecule has 0 radical (unpaired) electrons. The fraction of sp³-hybridized carbons (Fsp3) is 0.500. The third kappa shape index (κ3) is 5.12. The summed E-state index contributed by atoms with van der Waals surface area (Å²) in [7, 11) is 1.62. The third-order valence-corrected chi connectivity index (χ3v) is 3.17. The van der Waals surface area contributed by atoms with E-state index in [0.29, 0.717) is 30.7 Å². The van der Waals surface area contributed by atoms with Crippen molar-refractivity contribution in [3.63, 3.8) is 0 Å². The van der Waals surface area contributed by atoms with Crippen molar-refractivity contribution in [3.05, 3.63) is 34.1 Å². The van der Waals surface area contributed by atoms with Crippen molar-refractivity contribution >= 4 is 15.9 Å². The number of benzene rings is 1. The van der Waals surface area contributed by atoms with Crippen LogP contribution in [-0.2, 0) is 15.9 Å². The maximum atomic E-state index is 13.2. The van der Waals surface area contributed by atoms with Crippen LogP contribution in [0.3, 0.4) is 0 Å². The SMILES string of the molecule is COCCOCC(N)Cc1cccc(F)c1Br. The Labute approximate surface area is 109 Å². The van der Waals surface area contributed by atoms with E-state index in [1.54, 1.807) is 13.2 Å². The molecular formula is C12H17BrFNO2. The third-order valence-electron chi connectivity index (χ3n) is 2.28. The van der Waals surface area contributed by atoms with Gasteiger partial charge in [-0.3, -0.25) is 0 Å². The van der Waals surface area contributed by atoms with Gasteiger partial charge in [0.15, 0.2) is 0 Å². The summed E-state index contributed by atoms with van der Waals surface area (Å²) >= 11 is 3.21. The first-order chi connectivity index (χ1) is 8.15. The number of halogens is 2. The van der Waals surface area contributed by atoms with E-state index in [1.807, 2.05) is 6.07 Å². The second-order valence-corrected chi connectivity index (χ2v) is 4.54. The Morgan fingerprint density at radius 3 is 2.88 bits per heavy atom. The molecule has 2 N–H and O–H groups in total. The highest BCUT2D eigenvalue weighted by Crippen LogP contribution is 2.21. The van der Waals surface area contributed by atoms with E-state index in [1.165, 1.54) is 6.07 Å². The summed E-state index contributed by atoms with van der Waals surface area (Å²) in [5.74, 6) is -0.269. The zero-order chi connectivity index (χ0) is 12.7. The molecule has 0 fully saturated rings. The average Bonchev–Trinajstić information content (AvgIpc) is 2.31. The molecule has 0 saturated heterocycles. The van der Waals surface area contributed by atoms with Crippen molar-refractivity contribution in [2.24, 2.45) is 5.73 Å². The van der Waals surface area contributed by atoms with Gasteiger partial charge in [0.25, 0.3) is 0 Å². The maximum Gasteiger partial charge on any atom is 0.137 e. The first kappa shape index (κ1) is 14.6. The fourth-order valence-electron chi connectivity index (χ4n) is 1.42. The Hall–Kier alpha value is -0.490. The average molecular weight is 306 g/mol. The largest absolute Gasteiger partial charge is 0.382 e. The minimum Gasteiger partial charge on any atom is -0.382 e. The lowest BCUT2D eigenvalue weighted by atomic mass is 10.1. The van der Waals surface area contributed by atoms with Crippen molar-refractivity contribution in [2.75, 3.05) is 26.9 Å². The molecule has 1 aromatic carbocycles. The van der Waals surface area contributed by atoms with Crippen molar-refractivity contribution in [2.45, 2.75) is 12.5 Å². The van der Waals surface area contributed by atoms with Crippen molar-refractivity contribution in [1.29, 1.82) is 0 Å². The number of nitrogens with two attached hydrogens (primary N) is 1. The second-order valence-electron chi connectivity index (χ2n) is 3.74. The topological polar surface area (TPSA) is 44.5 Å². The zero-order valence-electron chi connectivity index (χ0n) is 9.79. The minimum absolute atomic E-state index is 0.148. The molecule has 17 heavy (non-hydrogen) atoms. The van der Waals surface area contributed by atoms with E-state index in [4.69, 9.17) is 15.2 Å². The van der Waals surface area contributed by atoms with Crippen LogP contribution < -0.4 is 5.73 Å². The number of methoxy groups -OCH3 is 1. The van der Waals surface area contributed by atoms with E-state index in [0.717, 1.165) is 5.56 Å². The summed E-state index contributed by atoms with van der Waals surface area (Å²) in [4.78, 5) is 0. The first-order valence-electron chi connectivity index (χ1n) is 5.40. The number of ether oxygens (including phenoxy) is 2. The molecule has 5 heteroatoms. The Morgan fingerprint density at radius 2 is 2.18 bits per heavy atom. The van der Waals surface area contributed by atoms with Crippen molar-refractivity contribution in [1.82, 2.24) is 0 Å². The maximum absolute atomic E-state index is 13.2. The predicted octanol–water partition coefficient (Wildman–Crippen LogP) is 2.12. The highest BCUT2D eigenvalue weighted by atomic mass is 79.9. The smallest absolute Gasteiger partial charge is 0.137 e. The lowest BCUT2D eigenvalue weighted by molar-refractivity contribution is 0.0637. The van der Waals surface area contributed by atoms with Crippen LogP contribution in [0.5, 0.6) is 0 Å². The van der Waals surface area contributed by atoms with Gasteiger partial charge in [0, 0.05) is 13.2 Å². The highest BCUT2D eigenvalue weighted by molar-refractivity contribution is 9.10. The van der Waals surface area contributed by atoms with Gasteiger partial charge in [-0.1, -0.05) is 12.1 Å². The van der Waals surface area contributed by atoms with E-state index >= 15 is 0 Å². The monoisotopic (exact) mass is 305 g/mol. The Morgan fingerprint density at radius 1 is 1.41 bits per heavy atom. The van der Waals surface area contributed by atoms with Gasteiger partial charge in [0.05, 0.1) is 24.3 Å². The number of rotatable bonds is 7. The van der Waals surface area contributed by atoms with Gasteiger partial charge >= 0.3 is 0 Å². The van der Waals surface area contributed by atoms with Crippen LogP contribution in [0, 0.1) is 5.82 Å². The van der Waals surface area contributed by atoms with E-state index in [-0.39, 0.29) is 11.9 Å². The normalized spacial score (nSPS) is 12.7. The molecule has 1 unspecified atom stereocenters. The van der Waals surface area contributed by atoms with Crippen LogP contribution in [-0.4, -0.2) is 33.0 Å². The summed E-state index contributed by atoms with van der Waals surface area (Å²) in [6.07, 6.45) is 0.575. The fourth-order valence-corrected chi connectivity index (χ4v) is 1.85. The summed E-state index contributed by atoms with van der Waals surface area (Å²) in [5.41, 5.74) is 6.75. The molecule has 0 aliphatic heterocycles. The van der Waals surface area contributed by atoms with Gasteiger partial charge in [-0.25, -0.2) is 4.39 Å². The number of hydrogen-bond donors (Lipinski definition) is 1. The summed E-state index contributed by atoms with van der Waals surface area (Å²) in [6.45, 7) is 1.51. The van der Waals surface area contributed by atoms with Gasteiger partial charge in [-0.05, 0) is 34.0 Å². The summed E-state index contributed by atoms with van der Waals surface area (Å²) < 4.78 is 23.9. The molecule has 1 aromatic rings. The van der Waals surface area contributed by atoms with Gasteiger partial charge in [0.2, 0.25) is 0 Å². The van der Waals surface area contributed by atoms with Gasteiger partial charge in [-0.2, -0.15) is 0 Å². The summed E-state index contributed by atoms with van der Waals surface area (Å²) in [5, 5.41) is 0. The Kier molecular flexibility index (Phi) is 6.65. The van der Waals surface area contributed by atoms with Crippen LogP contribution in [0.1, 0.15) is 5.56 Å². The van der Waals surface area contributed by atoms with Crippen molar-refractivity contribution in [3.8, 4) is 0 Å². The Balaban J connectivity index is 2.39. The quantitative estimate of drug-likeness (QED) is 0.785. The molecule has 96 valence electrons. The molecule has 0 saturated carbocycles. The molecule has 1 rings (SSSR count). The van der Waals surface area contributed by atoms with Crippen LogP contribution >= 0.6 is 15.9 Å². The molecular weight excluding hydrogens is 289 g/mol. The lowest BCUT2D eigenvalue weighted by Crippen LogP contribution is -2.29. The highest BCUT2D eigenvalue weighted by Gasteiger charge is 2.09. The summed E-state index contributed by atoms with van der Waals surface area (Å²) in [6, 6.07) is 4.79. The van der Waals surface area contributed by atoms with E-state index < -0.39 is 0 Å². The minimum atomic E-state index is -0.269. The molecule has 0 spiro atoms. The molecule has 0 aliphatic carbocycles. The lowest BCUT2D eigenvalue weighted by Gasteiger charge is -2.13. The Bertz CT molecular complexity index is 349. The van der Waals surface area contributed by atoms with Crippen LogP contribution in [0.4, 0.5) is 4.39 Å². The van der Waals surface area contributed by atoms with Crippen LogP contribution in [0.15, 0.2) is 22.7 Å². The molecule has 0 bridgehead atoms. The van der Waals surface area contributed by atoms with Gasteiger partial charge in [-0.15, -0.1) is 0 Å². The first-order valence-corrected chi connectivity index (χ1v) is 6.19. The van der Waals surface area contributed by atoms with Crippen LogP contribution in [0.2, 0.25) is 0 Å². The molecule has 0 aromatic heterocycles. The zero-order valence-corrected chi connectivity index (χ0v) is 11.4. The van der Waals surface area contributed by atoms with Gasteiger partial charge < -0.3 is 15.2 Å². The predicted molar refractivity (Wildman–Crippen MR) is 68.5 cm³/mol. The van der Waals surface area contributed by atoms with Crippen molar-refractivity contribution < 1.29 is 13.9 Å². The van der Waals surface area contributed by atoms with Gasteiger partial charge in [0.1, 0.15) is 5.82 Å². The van der Waals surface area contributed by atoms with E-state index in [9.17, 15) is 4.39 Å². The number of hydrogen-bond acceptors (Lipinski definition) is 3. The standard InChI is InChI=1S/C12H17BrFNO2/c1-16-5-6-17-8-10(15)7-9-3-2-4-11(14)12(9)13/h2-4,10H,5-8,15H2,1H3. The molecule has 1 atom stereocenters. The second kappa shape index (κ2) is 7.76. The van der Waals surface area contributed by atoms with E-state index in [2.05, 4.69) is 15.9 Å². The molecule has 0 heterocycles. The van der Waals surface area contributed by atoms with Crippen LogP contribution in [0.25, 0.3) is 0 Å². The molecule has 0 aliphatic rings. The molecule has 0 amide bonds.